The molecule has 1 amide bonds. The molecule has 0 bridgehead atoms. The lowest BCUT2D eigenvalue weighted by molar-refractivity contribution is -0.121. The summed E-state index contributed by atoms with van der Waals surface area (Å²) in [5.74, 6) is -0.512. The fourth-order valence-electron chi connectivity index (χ4n) is 3.72. The smallest absolute Gasteiger partial charge is 0.225 e. The molecule has 0 unspecified atom stereocenters. The van der Waals surface area contributed by atoms with Gasteiger partial charge in [-0.25, -0.2) is 4.39 Å². The quantitative estimate of drug-likeness (QED) is 0.687. The van der Waals surface area contributed by atoms with Crippen molar-refractivity contribution < 1.29 is 14.3 Å². The lowest BCUT2D eigenvalue weighted by Gasteiger charge is -2.18. The molecule has 25 heavy (non-hydrogen) atoms. The standard InChI is InChI=1S/C20H19FN2O2/c1-11-15(16-9-13(21)6-7-17(16)22-11)10-19(25)23-20-14-5-3-2-4-12(14)8-18(20)24/h2-7,9,18,20,22,24H,8,10H2,1H3,(H,23,25)/t18-,20+/m0/s1. The molecule has 1 aliphatic rings. The van der Waals surface area contributed by atoms with Crippen LogP contribution in [0.4, 0.5) is 4.39 Å². The molecule has 3 aromatic rings. The Hall–Kier alpha value is -2.66. The summed E-state index contributed by atoms with van der Waals surface area (Å²) in [6, 6.07) is 11.9. The number of aromatic amines is 1. The van der Waals surface area contributed by atoms with E-state index in [-0.39, 0.29) is 18.1 Å². The van der Waals surface area contributed by atoms with Gasteiger partial charge in [0.1, 0.15) is 5.82 Å². The zero-order chi connectivity index (χ0) is 17.6. The van der Waals surface area contributed by atoms with E-state index in [4.69, 9.17) is 0 Å². The number of hydrogen-bond acceptors (Lipinski definition) is 2. The van der Waals surface area contributed by atoms with Crippen LogP contribution in [0.5, 0.6) is 0 Å². The molecule has 0 aliphatic heterocycles. The largest absolute Gasteiger partial charge is 0.390 e. The third-order valence-corrected chi connectivity index (χ3v) is 4.94. The molecule has 0 saturated heterocycles. The number of fused-ring (bicyclic) bond motifs is 2. The molecule has 1 aliphatic carbocycles. The summed E-state index contributed by atoms with van der Waals surface area (Å²) in [4.78, 5) is 15.8. The van der Waals surface area contributed by atoms with Gasteiger partial charge < -0.3 is 15.4 Å². The summed E-state index contributed by atoms with van der Waals surface area (Å²) in [7, 11) is 0. The summed E-state index contributed by atoms with van der Waals surface area (Å²) >= 11 is 0. The first-order chi connectivity index (χ1) is 12.0. The third-order valence-electron chi connectivity index (χ3n) is 4.94. The van der Waals surface area contributed by atoms with E-state index in [0.29, 0.717) is 6.42 Å². The Morgan fingerprint density at radius 1 is 1.32 bits per heavy atom. The fourth-order valence-corrected chi connectivity index (χ4v) is 3.72. The Balaban J connectivity index is 1.57. The second kappa shape index (κ2) is 6.01. The molecule has 2 atom stereocenters. The number of hydrogen-bond donors (Lipinski definition) is 3. The predicted octanol–water partition coefficient (Wildman–Crippen LogP) is 2.93. The van der Waals surface area contributed by atoms with E-state index in [1.54, 1.807) is 6.07 Å². The highest BCUT2D eigenvalue weighted by Crippen LogP contribution is 2.31. The van der Waals surface area contributed by atoms with E-state index in [1.807, 2.05) is 31.2 Å². The number of aliphatic hydroxyl groups excluding tert-OH is 1. The van der Waals surface area contributed by atoms with Gasteiger partial charge in [0.25, 0.3) is 0 Å². The minimum atomic E-state index is -0.622. The minimum absolute atomic E-state index is 0.140. The number of benzene rings is 2. The molecule has 1 aromatic heterocycles. The second-order valence-corrected chi connectivity index (χ2v) is 6.61. The van der Waals surface area contributed by atoms with Crippen LogP contribution in [0.2, 0.25) is 0 Å². The van der Waals surface area contributed by atoms with Crippen LogP contribution >= 0.6 is 0 Å². The van der Waals surface area contributed by atoms with Crippen LogP contribution in [0.25, 0.3) is 10.9 Å². The van der Waals surface area contributed by atoms with Crippen LogP contribution in [0.3, 0.4) is 0 Å². The molecule has 4 rings (SSSR count). The number of amides is 1. The summed E-state index contributed by atoms with van der Waals surface area (Å²) < 4.78 is 13.6. The zero-order valence-corrected chi connectivity index (χ0v) is 13.8. The summed E-state index contributed by atoms with van der Waals surface area (Å²) in [6.45, 7) is 1.88. The zero-order valence-electron chi connectivity index (χ0n) is 13.8. The third kappa shape index (κ3) is 2.81. The Bertz CT molecular complexity index is 963. The molecular formula is C20H19FN2O2. The molecule has 0 spiro atoms. The van der Waals surface area contributed by atoms with Crippen LogP contribution in [0.15, 0.2) is 42.5 Å². The highest BCUT2D eigenvalue weighted by molar-refractivity contribution is 5.90. The van der Waals surface area contributed by atoms with Gasteiger partial charge in [0, 0.05) is 23.0 Å². The Morgan fingerprint density at radius 2 is 2.12 bits per heavy atom. The maximum Gasteiger partial charge on any atom is 0.225 e. The van der Waals surface area contributed by atoms with Gasteiger partial charge >= 0.3 is 0 Å². The van der Waals surface area contributed by atoms with E-state index in [0.717, 1.165) is 33.3 Å². The van der Waals surface area contributed by atoms with Gasteiger partial charge in [-0.1, -0.05) is 24.3 Å². The first kappa shape index (κ1) is 15.8. The molecule has 128 valence electrons. The van der Waals surface area contributed by atoms with E-state index in [9.17, 15) is 14.3 Å². The second-order valence-electron chi connectivity index (χ2n) is 6.61. The maximum atomic E-state index is 13.6. The summed E-state index contributed by atoms with van der Waals surface area (Å²) in [5.41, 5.74) is 4.47. The highest BCUT2D eigenvalue weighted by Gasteiger charge is 2.32. The van der Waals surface area contributed by atoms with Gasteiger partial charge in [0.15, 0.2) is 0 Å². The normalized spacial score (nSPS) is 19.2. The van der Waals surface area contributed by atoms with Crippen molar-refractivity contribution in [2.75, 3.05) is 0 Å². The van der Waals surface area contributed by atoms with Crippen LogP contribution < -0.4 is 5.32 Å². The molecular weight excluding hydrogens is 319 g/mol. The Labute approximate surface area is 144 Å². The molecule has 2 aromatic carbocycles. The van der Waals surface area contributed by atoms with E-state index in [2.05, 4.69) is 10.3 Å². The Kier molecular flexibility index (Phi) is 3.81. The highest BCUT2D eigenvalue weighted by atomic mass is 19.1. The van der Waals surface area contributed by atoms with Crippen molar-refractivity contribution in [3.63, 3.8) is 0 Å². The molecule has 1 heterocycles. The van der Waals surface area contributed by atoms with Crippen molar-refractivity contribution in [1.29, 1.82) is 0 Å². The summed E-state index contributed by atoms with van der Waals surface area (Å²) in [6.07, 6.45) is 0.0573. The maximum absolute atomic E-state index is 13.6. The molecule has 4 nitrogen and oxygen atoms in total. The van der Waals surface area contributed by atoms with Crippen molar-refractivity contribution in [3.05, 3.63) is 70.7 Å². The van der Waals surface area contributed by atoms with Crippen LogP contribution in [0, 0.1) is 12.7 Å². The molecule has 5 heteroatoms. The number of aromatic nitrogens is 1. The first-order valence-corrected chi connectivity index (χ1v) is 8.35. The van der Waals surface area contributed by atoms with E-state index >= 15 is 0 Å². The van der Waals surface area contributed by atoms with Crippen molar-refractivity contribution in [1.82, 2.24) is 10.3 Å². The average Bonchev–Trinajstić information content (AvgIpc) is 3.05. The SMILES string of the molecule is Cc1[nH]c2ccc(F)cc2c1CC(=O)N[C@@H]1c2ccccc2C[C@@H]1O. The number of aliphatic hydroxyl groups is 1. The summed E-state index contributed by atoms with van der Waals surface area (Å²) in [5, 5.41) is 13.9. The van der Waals surface area contributed by atoms with Crippen LogP contribution in [-0.2, 0) is 17.6 Å². The van der Waals surface area contributed by atoms with Crippen molar-refractivity contribution in [2.24, 2.45) is 0 Å². The molecule has 0 fully saturated rings. The number of rotatable bonds is 3. The first-order valence-electron chi connectivity index (χ1n) is 8.35. The van der Waals surface area contributed by atoms with Crippen molar-refractivity contribution in [3.8, 4) is 0 Å². The number of H-pyrrole nitrogens is 1. The Morgan fingerprint density at radius 3 is 2.96 bits per heavy atom. The number of halogens is 1. The van der Waals surface area contributed by atoms with Gasteiger partial charge in [-0.05, 0) is 41.8 Å². The monoisotopic (exact) mass is 338 g/mol. The van der Waals surface area contributed by atoms with Crippen LogP contribution in [-0.4, -0.2) is 22.1 Å². The fraction of sp³-hybridized carbons (Fsp3) is 0.250. The molecule has 3 N–H and O–H groups in total. The van der Waals surface area contributed by atoms with Crippen LogP contribution in [0.1, 0.15) is 28.4 Å². The number of carbonyl (C=O) groups excluding carboxylic acids is 1. The average molecular weight is 338 g/mol. The molecule has 0 radical (unpaired) electrons. The molecule has 0 saturated carbocycles. The number of carbonyl (C=O) groups is 1. The topological polar surface area (TPSA) is 65.1 Å². The number of aryl methyl sites for hydroxylation is 1. The van der Waals surface area contributed by atoms with Crippen molar-refractivity contribution >= 4 is 16.8 Å². The van der Waals surface area contributed by atoms with E-state index in [1.165, 1.54) is 12.1 Å². The van der Waals surface area contributed by atoms with Crippen molar-refractivity contribution in [2.45, 2.75) is 31.9 Å². The van der Waals surface area contributed by atoms with Gasteiger partial charge in [-0.3, -0.25) is 4.79 Å². The lowest BCUT2D eigenvalue weighted by atomic mass is 10.1. The van der Waals surface area contributed by atoms with Gasteiger partial charge in [0.05, 0.1) is 18.6 Å². The lowest BCUT2D eigenvalue weighted by Crippen LogP contribution is -2.34. The van der Waals surface area contributed by atoms with E-state index < -0.39 is 12.1 Å². The van der Waals surface area contributed by atoms with Gasteiger partial charge in [0.2, 0.25) is 5.91 Å². The van der Waals surface area contributed by atoms with Gasteiger partial charge in [-0.2, -0.15) is 0 Å². The number of nitrogens with one attached hydrogen (secondary N) is 2. The minimum Gasteiger partial charge on any atom is -0.390 e. The van der Waals surface area contributed by atoms with Gasteiger partial charge in [-0.15, -0.1) is 0 Å². The predicted molar refractivity (Wildman–Crippen MR) is 93.7 cm³/mol.